The Labute approximate surface area is 173 Å². The van der Waals surface area contributed by atoms with E-state index in [1.165, 1.54) is 17.7 Å². The minimum atomic E-state index is -3.24. The van der Waals surface area contributed by atoms with Gasteiger partial charge in [0.2, 0.25) is 0 Å². The smallest absolute Gasteiger partial charge is 0.251 e. The number of benzene rings is 2. The number of hydrogen-bond donors (Lipinski definition) is 1. The molecule has 7 heteroatoms. The number of piperazine rings is 1. The largest absolute Gasteiger partial charge is 0.352 e. The fourth-order valence-corrected chi connectivity index (χ4v) is 4.10. The van der Waals surface area contributed by atoms with Gasteiger partial charge in [-0.3, -0.25) is 9.69 Å². The van der Waals surface area contributed by atoms with Crippen LogP contribution in [0.25, 0.3) is 0 Å². The summed E-state index contributed by atoms with van der Waals surface area (Å²) in [7, 11) is -3.24. The number of hydrogen-bond acceptors (Lipinski definition) is 5. The zero-order chi connectivity index (χ0) is 20.7. The van der Waals surface area contributed by atoms with E-state index in [1.807, 2.05) is 6.07 Å². The Morgan fingerprint density at radius 3 is 2.17 bits per heavy atom. The molecule has 1 saturated heterocycles. The number of carbonyl (C=O) groups excluding carboxylic acids is 1. The van der Waals surface area contributed by atoms with Crippen molar-refractivity contribution in [1.29, 1.82) is 0 Å². The van der Waals surface area contributed by atoms with E-state index < -0.39 is 9.84 Å². The Kier molecular flexibility index (Phi) is 7.41. The molecule has 0 aromatic heterocycles. The van der Waals surface area contributed by atoms with Gasteiger partial charge in [-0.2, -0.15) is 0 Å². The van der Waals surface area contributed by atoms with Gasteiger partial charge in [-0.15, -0.1) is 0 Å². The SMILES string of the molecule is CS(=O)(=O)c1ccc(C(=O)NCCCN2CCN(Cc3ccccc3)CC2)cc1. The van der Waals surface area contributed by atoms with Crippen LogP contribution in [0.2, 0.25) is 0 Å². The second-order valence-electron chi connectivity index (χ2n) is 7.51. The molecule has 2 aromatic rings. The molecule has 0 bridgehead atoms. The van der Waals surface area contributed by atoms with Gasteiger partial charge in [-0.25, -0.2) is 8.42 Å². The minimum absolute atomic E-state index is 0.169. The van der Waals surface area contributed by atoms with Crippen molar-refractivity contribution in [3.8, 4) is 0 Å². The van der Waals surface area contributed by atoms with Crippen LogP contribution in [0.15, 0.2) is 59.5 Å². The third-order valence-corrected chi connectivity index (χ3v) is 6.32. The van der Waals surface area contributed by atoms with Crippen LogP contribution in [0.3, 0.4) is 0 Å². The molecule has 6 nitrogen and oxygen atoms in total. The molecule has 29 heavy (non-hydrogen) atoms. The summed E-state index contributed by atoms with van der Waals surface area (Å²) in [5, 5.41) is 2.91. The maximum absolute atomic E-state index is 12.2. The second kappa shape index (κ2) is 10.0. The van der Waals surface area contributed by atoms with E-state index in [2.05, 4.69) is 39.4 Å². The van der Waals surface area contributed by atoms with Gasteiger partial charge in [-0.1, -0.05) is 30.3 Å². The molecule has 0 radical (unpaired) electrons. The molecule has 1 fully saturated rings. The molecule has 156 valence electrons. The summed E-state index contributed by atoms with van der Waals surface area (Å²) in [6.07, 6.45) is 2.05. The van der Waals surface area contributed by atoms with Gasteiger partial charge in [0.15, 0.2) is 9.84 Å². The molecule has 1 aliphatic heterocycles. The summed E-state index contributed by atoms with van der Waals surface area (Å²) < 4.78 is 23.0. The Morgan fingerprint density at radius 1 is 0.931 bits per heavy atom. The molecule has 0 atom stereocenters. The maximum atomic E-state index is 12.2. The Bertz CT molecular complexity index is 891. The van der Waals surface area contributed by atoms with Gasteiger partial charge in [0.25, 0.3) is 5.91 Å². The van der Waals surface area contributed by atoms with Crippen molar-refractivity contribution in [1.82, 2.24) is 15.1 Å². The van der Waals surface area contributed by atoms with Crippen molar-refractivity contribution in [2.45, 2.75) is 17.9 Å². The Hall–Kier alpha value is -2.22. The van der Waals surface area contributed by atoms with E-state index in [1.54, 1.807) is 12.1 Å². The van der Waals surface area contributed by atoms with E-state index in [-0.39, 0.29) is 10.8 Å². The molecule has 1 aliphatic rings. The number of sulfone groups is 1. The average molecular weight is 416 g/mol. The molecule has 1 amide bonds. The molecule has 1 N–H and O–H groups in total. The number of nitrogens with zero attached hydrogens (tertiary/aromatic N) is 2. The van der Waals surface area contributed by atoms with E-state index in [0.717, 1.165) is 51.9 Å². The van der Waals surface area contributed by atoms with Crippen molar-refractivity contribution >= 4 is 15.7 Å². The maximum Gasteiger partial charge on any atom is 0.251 e. The zero-order valence-corrected chi connectivity index (χ0v) is 17.7. The van der Waals surface area contributed by atoms with Crippen LogP contribution in [0.4, 0.5) is 0 Å². The van der Waals surface area contributed by atoms with Crippen LogP contribution < -0.4 is 5.32 Å². The van der Waals surface area contributed by atoms with Gasteiger partial charge in [0, 0.05) is 51.1 Å². The van der Waals surface area contributed by atoms with Crippen LogP contribution in [0.1, 0.15) is 22.3 Å². The van der Waals surface area contributed by atoms with Crippen LogP contribution in [0.5, 0.6) is 0 Å². The number of nitrogens with one attached hydrogen (secondary N) is 1. The lowest BCUT2D eigenvalue weighted by atomic mass is 10.2. The van der Waals surface area contributed by atoms with Crippen LogP contribution in [-0.4, -0.2) is 69.6 Å². The lowest BCUT2D eigenvalue weighted by Crippen LogP contribution is -2.46. The van der Waals surface area contributed by atoms with E-state index in [0.29, 0.717) is 12.1 Å². The van der Waals surface area contributed by atoms with Gasteiger partial charge >= 0.3 is 0 Å². The lowest BCUT2D eigenvalue weighted by molar-refractivity contribution is 0.0947. The fourth-order valence-electron chi connectivity index (χ4n) is 3.47. The van der Waals surface area contributed by atoms with Crippen molar-refractivity contribution < 1.29 is 13.2 Å². The fraction of sp³-hybridized carbons (Fsp3) is 0.409. The third kappa shape index (κ3) is 6.66. The predicted octanol–water partition coefficient (Wildman–Crippen LogP) is 2.03. The van der Waals surface area contributed by atoms with Crippen molar-refractivity contribution in [2.24, 2.45) is 0 Å². The van der Waals surface area contributed by atoms with Gasteiger partial charge in [0.1, 0.15) is 0 Å². The first-order valence-electron chi connectivity index (χ1n) is 9.99. The molecular formula is C22H29N3O3S. The second-order valence-corrected chi connectivity index (χ2v) is 9.53. The summed E-state index contributed by atoms with van der Waals surface area (Å²) in [6, 6.07) is 16.6. The molecule has 0 aliphatic carbocycles. The van der Waals surface area contributed by atoms with Crippen molar-refractivity contribution in [2.75, 3.05) is 45.5 Å². The number of rotatable bonds is 8. The Balaban J connectivity index is 1.33. The van der Waals surface area contributed by atoms with Crippen LogP contribution in [-0.2, 0) is 16.4 Å². The standard InChI is InChI=1S/C22H29N3O3S/c1-29(27,28)21-10-8-20(9-11-21)22(26)23-12-5-13-24-14-16-25(17-15-24)18-19-6-3-2-4-7-19/h2-4,6-11H,5,12-18H2,1H3,(H,23,26). The van der Waals surface area contributed by atoms with E-state index in [9.17, 15) is 13.2 Å². The van der Waals surface area contributed by atoms with Crippen LogP contribution >= 0.6 is 0 Å². The van der Waals surface area contributed by atoms with Gasteiger partial charge < -0.3 is 10.2 Å². The number of amides is 1. The highest BCUT2D eigenvalue weighted by Crippen LogP contribution is 2.11. The van der Waals surface area contributed by atoms with E-state index in [4.69, 9.17) is 0 Å². The highest BCUT2D eigenvalue weighted by atomic mass is 32.2. The predicted molar refractivity (Wildman–Crippen MR) is 115 cm³/mol. The van der Waals surface area contributed by atoms with Crippen molar-refractivity contribution in [3.05, 3.63) is 65.7 Å². The summed E-state index contributed by atoms with van der Waals surface area (Å²) in [6.45, 7) is 6.80. The first kappa shape index (κ1) is 21.5. The van der Waals surface area contributed by atoms with Gasteiger partial charge in [0.05, 0.1) is 4.90 Å². The molecule has 0 spiro atoms. The molecule has 3 rings (SSSR count). The first-order valence-corrected chi connectivity index (χ1v) is 11.9. The van der Waals surface area contributed by atoms with Crippen molar-refractivity contribution in [3.63, 3.8) is 0 Å². The zero-order valence-electron chi connectivity index (χ0n) is 16.9. The van der Waals surface area contributed by atoms with E-state index >= 15 is 0 Å². The monoisotopic (exact) mass is 415 g/mol. The first-order chi connectivity index (χ1) is 13.9. The normalized spacial score (nSPS) is 15.9. The summed E-state index contributed by atoms with van der Waals surface area (Å²) in [5.74, 6) is -0.169. The molecule has 2 aromatic carbocycles. The molecular weight excluding hydrogens is 386 g/mol. The Morgan fingerprint density at radius 2 is 1.55 bits per heavy atom. The summed E-state index contributed by atoms with van der Waals surface area (Å²) in [5.41, 5.74) is 1.83. The lowest BCUT2D eigenvalue weighted by Gasteiger charge is -2.34. The topological polar surface area (TPSA) is 69.7 Å². The highest BCUT2D eigenvalue weighted by molar-refractivity contribution is 7.90. The van der Waals surface area contributed by atoms with Crippen LogP contribution in [0, 0.1) is 0 Å². The van der Waals surface area contributed by atoms with Gasteiger partial charge in [-0.05, 0) is 42.8 Å². The average Bonchev–Trinajstić information content (AvgIpc) is 2.72. The summed E-state index contributed by atoms with van der Waals surface area (Å²) >= 11 is 0. The minimum Gasteiger partial charge on any atom is -0.352 e. The third-order valence-electron chi connectivity index (χ3n) is 5.20. The molecule has 1 heterocycles. The molecule has 0 unspecified atom stereocenters. The number of carbonyl (C=O) groups is 1. The quantitative estimate of drug-likeness (QED) is 0.668. The molecule has 0 saturated carbocycles. The summed E-state index contributed by atoms with van der Waals surface area (Å²) in [4.78, 5) is 17.3. The highest BCUT2D eigenvalue weighted by Gasteiger charge is 2.16.